The van der Waals surface area contributed by atoms with E-state index in [1.807, 2.05) is 32.0 Å². The molecule has 0 radical (unpaired) electrons. The van der Waals surface area contributed by atoms with Crippen LogP contribution >= 0.6 is 0 Å². The molecule has 4 heteroatoms. The van der Waals surface area contributed by atoms with Gasteiger partial charge in [-0.1, -0.05) is 12.1 Å². The van der Waals surface area contributed by atoms with Crippen LogP contribution in [0.1, 0.15) is 37.4 Å². The third-order valence-electron chi connectivity index (χ3n) is 3.45. The van der Waals surface area contributed by atoms with Crippen molar-refractivity contribution in [2.24, 2.45) is 11.1 Å². The smallest absolute Gasteiger partial charge is 0.224 e. The van der Waals surface area contributed by atoms with E-state index in [1.165, 1.54) is 0 Å². The summed E-state index contributed by atoms with van der Waals surface area (Å²) in [5.41, 5.74) is 8.42. The van der Waals surface area contributed by atoms with Crippen molar-refractivity contribution in [3.8, 4) is 6.07 Å². The Kier molecular flexibility index (Phi) is 3.10. The Balaban J connectivity index is 2.33. The van der Waals surface area contributed by atoms with Gasteiger partial charge in [-0.15, -0.1) is 0 Å². The van der Waals surface area contributed by atoms with Gasteiger partial charge in [0.25, 0.3) is 0 Å². The number of nitrogens with two attached hydrogens (primary N) is 1. The predicted molar refractivity (Wildman–Crippen MR) is 69.7 cm³/mol. The summed E-state index contributed by atoms with van der Waals surface area (Å²) in [6, 6.07) is 7.66. The maximum atomic E-state index is 11.3. The van der Waals surface area contributed by atoms with Crippen LogP contribution in [0.15, 0.2) is 18.2 Å². The maximum Gasteiger partial charge on any atom is 0.224 e. The largest absolute Gasteiger partial charge is 0.326 e. The van der Waals surface area contributed by atoms with Crippen molar-refractivity contribution in [3.63, 3.8) is 0 Å². The van der Waals surface area contributed by atoms with Crippen molar-refractivity contribution >= 4 is 11.6 Å². The number of aryl methyl sites for hydroxylation is 1. The van der Waals surface area contributed by atoms with Gasteiger partial charge in [-0.2, -0.15) is 5.26 Å². The van der Waals surface area contributed by atoms with Gasteiger partial charge >= 0.3 is 0 Å². The van der Waals surface area contributed by atoms with Gasteiger partial charge in [0.15, 0.2) is 0 Å². The second kappa shape index (κ2) is 4.43. The highest BCUT2D eigenvalue weighted by molar-refractivity contribution is 5.93. The molecule has 1 aliphatic rings. The normalized spacial score (nSPS) is 16.4. The quantitative estimate of drug-likeness (QED) is 0.835. The van der Waals surface area contributed by atoms with Gasteiger partial charge < -0.3 is 11.1 Å². The third kappa shape index (κ3) is 2.22. The fourth-order valence-corrected chi connectivity index (χ4v) is 2.08. The van der Waals surface area contributed by atoms with Crippen LogP contribution in [0.4, 0.5) is 5.69 Å². The summed E-state index contributed by atoms with van der Waals surface area (Å²) in [6.07, 6.45) is 1.24. The number of nitriles is 1. The number of fused-ring (bicyclic) bond motifs is 1. The zero-order valence-electron chi connectivity index (χ0n) is 10.7. The molecule has 94 valence electrons. The molecule has 0 aromatic heterocycles. The third-order valence-corrected chi connectivity index (χ3v) is 3.45. The molecule has 4 nitrogen and oxygen atoms in total. The Labute approximate surface area is 107 Å². The Morgan fingerprint density at radius 2 is 2.17 bits per heavy atom. The molecule has 3 N–H and O–H groups in total. The first-order valence-corrected chi connectivity index (χ1v) is 6.03. The zero-order valence-corrected chi connectivity index (χ0v) is 10.7. The first kappa shape index (κ1) is 12.6. The molecule has 1 aromatic carbocycles. The van der Waals surface area contributed by atoms with Crippen LogP contribution in [-0.4, -0.2) is 5.91 Å². The molecule has 1 unspecified atom stereocenters. The van der Waals surface area contributed by atoms with Gasteiger partial charge in [0, 0.05) is 18.2 Å². The molecule has 1 aliphatic heterocycles. The average Bonchev–Trinajstić information content (AvgIpc) is 2.37. The Bertz CT molecular complexity index is 528. The summed E-state index contributed by atoms with van der Waals surface area (Å²) in [6.45, 7) is 3.66. The van der Waals surface area contributed by atoms with Gasteiger partial charge in [0.1, 0.15) is 0 Å². The minimum Gasteiger partial charge on any atom is -0.326 e. The summed E-state index contributed by atoms with van der Waals surface area (Å²) >= 11 is 0. The van der Waals surface area contributed by atoms with Crippen LogP contribution in [0.5, 0.6) is 0 Å². The molecule has 0 spiro atoms. The molecule has 1 aromatic rings. The summed E-state index contributed by atoms with van der Waals surface area (Å²) < 4.78 is 0. The standard InChI is InChI=1S/C14H17N3O/c1-14(2,8-15)13(16)10-3-5-11-9(7-10)4-6-12(18)17-11/h3,5,7,13H,4,6,16H2,1-2H3,(H,17,18). The number of hydrogen-bond acceptors (Lipinski definition) is 3. The SMILES string of the molecule is CC(C)(C#N)C(N)c1ccc2c(c1)CCC(=O)N2. The molecular weight excluding hydrogens is 226 g/mol. The van der Waals surface area contributed by atoms with Gasteiger partial charge in [0.05, 0.1) is 11.5 Å². The second-order valence-corrected chi connectivity index (χ2v) is 5.28. The highest BCUT2D eigenvalue weighted by Gasteiger charge is 2.28. The van der Waals surface area contributed by atoms with Gasteiger partial charge in [-0.25, -0.2) is 0 Å². The van der Waals surface area contributed by atoms with Crippen LogP contribution in [0, 0.1) is 16.7 Å². The van der Waals surface area contributed by atoms with Gasteiger partial charge in [-0.3, -0.25) is 4.79 Å². The van der Waals surface area contributed by atoms with Crippen molar-refractivity contribution in [2.45, 2.75) is 32.7 Å². The number of hydrogen-bond donors (Lipinski definition) is 2. The molecule has 0 fully saturated rings. The molecule has 2 rings (SSSR count). The predicted octanol–water partition coefficient (Wildman–Crippen LogP) is 2.12. The number of carbonyl (C=O) groups is 1. The molecule has 1 heterocycles. The molecular formula is C14H17N3O. The topological polar surface area (TPSA) is 78.9 Å². The van der Waals surface area contributed by atoms with E-state index in [0.29, 0.717) is 6.42 Å². The molecule has 0 bridgehead atoms. The Hall–Kier alpha value is -1.86. The Morgan fingerprint density at radius 1 is 1.44 bits per heavy atom. The number of nitrogens with zero attached hydrogens (tertiary/aromatic N) is 1. The average molecular weight is 243 g/mol. The van der Waals surface area contributed by atoms with Gasteiger partial charge in [-0.05, 0) is 37.5 Å². The highest BCUT2D eigenvalue weighted by atomic mass is 16.1. The van der Waals surface area contributed by atoms with E-state index in [-0.39, 0.29) is 11.9 Å². The number of benzene rings is 1. The van der Waals surface area contributed by atoms with Crippen LogP contribution in [0.3, 0.4) is 0 Å². The maximum absolute atomic E-state index is 11.3. The molecule has 0 aliphatic carbocycles. The summed E-state index contributed by atoms with van der Waals surface area (Å²) in [4.78, 5) is 11.3. The fraction of sp³-hybridized carbons (Fsp3) is 0.429. The number of nitrogens with one attached hydrogen (secondary N) is 1. The van der Waals surface area contributed by atoms with Crippen molar-refractivity contribution in [1.29, 1.82) is 5.26 Å². The minimum absolute atomic E-state index is 0.0527. The first-order chi connectivity index (χ1) is 8.44. The molecule has 0 saturated heterocycles. The lowest BCUT2D eigenvalue weighted by Gasteiger charge is -2.26. The number of anilines is 1. The first-order valence-electron chi connectivity index (χ1n) is 6.03. The zero-order chi connectivity index (χ0) is 13.3. The van der Waals surface area contributed by atoms with Crippen LogP contribution in [-0.2, 0) is 11.2 Å². The second-order valence-electron chi connectivity index (χ2n) is 5.28. The summed E-state index contributed by atoms with van der Waals surface area (Å²) in [5, 5.41) is 11.9. The fourth-order valence-electron chi connectivity index (χ4n) is 2.08. The Morgan fingerprint density at radius 3 is 2.83 bits per heavy atom. The highest BCUT2D eigenvalue weighted by Crippen LogP contribution is 2.33. The lowest BCUT2D eigenvalue weighted by molar-refractivity contribution is -0.116. The van der Waals surface area contributed by atoms with Gasteiger partial charge in [0.2, 0.25) is 5.91 Å². The van der Waals surface area contributed by atoms with Crippen molar-refractivity contribution in [1.82, 2.24) is 0 Å². The van der Waals surface area contributed by atoms with Crippen LogP contribution in [0.25, 0.3) is 0 Å². The summed E-state index contributed by atoms with van der Waals surface area (Å²) in [5.74, 6) is 0.0527. The number of carbonyl (C=O) groups excluding carboxylic acids is 1. The lowest BCUT2D eigenvalue weighted by Crippen LogP contribution is -2.28. The van der Waals surface area contributed by atoms with E-state index in [9.17, 15) is 4.79 Å². The molecule has 0 saturated carbocycles. The van der Waals surface area contributed by atoms with Crippen molar-refractivity contribution in [2.75, 3.05) is 5.32 Å². The monoisotopic (exact) mass is 243 g/mol. The molecule has 1 atom stereocenters. The molecule has 1 amide bonds. The number of amides is 1. The van der Waals surface area contributed by atoms with E-state index in [4.69, 9.17) is 11.0 Å². The van der Waals surface area contributed by atoms with E-state index >= 15 is 0 Å². The van der Waals surface area contributed by atoms with Crippen LogP contribution < -0.4 is 11.1 Å². The summed E-state index contributed by atoms with van der Waals surface area (Å²) in [7, 11) is 0. The van der Waals surface area contributed by atoms with Crippen LogP contribution in [0.2, 0.25) is 0 Å². The van der Waals surface area contributed by atoms with Crippen molar-refractivity contribution in [3.05, 3.63) is 29.3 Å². The lowest BCUT2D eigenvalue weighted by atomic mass is 9.81. The van der Waals surface area contributed by atoms with E-state index < -0.39 is 5.41 Å². The molecule has 18 heavy (non-hydrogen) atoms. The van der Waals surface area contributed by atoms with Crippen molar-refractivity contribution < 1.29 is 4.79 Å². The van der Waals surface area contributed by atoms with E-state index in [0.717, 1.165) is 23.2 Å². The van der Waals surface area contributed by atoms with E-state index in [1.54, 1.807) is 0 Å². The number of rotatable bonds is 2. The van der Waals surface area contributed by atoms with E-state index in [2.05, 4.69) is 11.4 Å². The minimum atomic E-state index is -0.605.